The van der Waals surface area contributed by atoms with Crippen LogP contribution in [0.1, 0.15) is 20.8 Å². The topological polar surface area (TPSA) is 29.1 Å². The molecule has 1 N–H and O–H groups in total. The van der Waals surface area contributed by atoms with Crippen molar-refractivity contribution < 1.29 is 4.79 Å². The van der Waals surface area contributed by atoms with Crippen LogP contribution in [0.5, 0.6) is 0 Å². The molecule has 0 aromatic rings. The normalized spacial score (nSPS) is 13.3. The quantitative estimate of drug-likeness (QED) is 0.626. The first kappa shape index (κ1) is 9.76. The van der Waals surface area contributed by atoms with Gasteiger partial charge in [-0.1, -0.05) is 13.8 Å². The van der Waals surface area contributed by atoms with Crippen molar-refractivity contribution in [3.8, 4) is 0 Å². The molecule has 0 aromatic carbocycles. The van der Waals surface area contributed by atoms with Crippen molar-refractivity contribution in [2.75, 3.05) is 6.54 Å². The number of carbonyl (C=O) groups is 1. The van der Waals surface area contributed by atoms with Gasteiger partial charge in [0.1, 0.15) is 0 Å². The van der Waals surface area contributed by atoms with E-state index in [4.69, 9.17) is 11.6 Å². The van der Waals surface area contributed by atoms with Crippen molar-refractivity contribution in [1.82, 2.24) is 5.32 Å². The van der Waals surface area contributed by atoms with E-state index >= 15 is 0 Å². The Kier molecular flexibility index (Phi) is 4.45. The third kappa shape index (κ3) is 4.62. The fourth-order valence-corrected chi connectivity index (χ4v) is 0.523. The van der Waals surface area contributed by atoms with Gasteiger partial charge in [0.2, 0.25) is 5.91 Å². The van der Waals surface area contributed by atoms with Gasteiger partial charge < -0.3 is 5.32 Å². The molecule has 0 bridgehead atoms. The standard InChI is InChI=1S/C7H14ClNO/c1-5(2)7(10)9-4-6(3)8/h5-6H,4H2,1-3H3,(H,9,10). The van der Waals surface area contributed by atoms with Gasteiger partial charge in [0.15, 0.2) is 0 Å². The molecule has 0 saturated heterocycles. The first-order valence-electron chi connectivity index (χ1n) is 3.45. The maximum absolute atomic E-state index is 10.9. The highest BCUT2D eigenvalue weighted by molar-refractivity contribution is 6.20. The largest absolute Gasteiger partial charge is 0.354 e. The van der Waals surface area contributed by atoms with Gasteiger partial charge in [-0.3, -0.25) is 4.79 Å². The molecule has 60 valence electrons. The van der Waals surface area contributed by atoms with Crippen molar-refractivity contribution in [1.29, 1.82) is 0 Å². The molecule has 0 rings (SSSR count). The predicted molar refractivity (Wildman–Crippen MR) is 43.2 cm³/mol. The average Bonchev–Trinajstić information content (AvgIpc) is 1.82. The van der Waals surface area contributed by atoms with Crippen LogP contribution in [0.4, 0.5) is 0 Å². The van der Waals surface area contributed by atoms with Crippen LogP contribution in [0.3, 0.4) is 0 Å². The van der Waals surface area contributed by atoms with Crippen LogP contribution >= 0.6 is 11.6 Å². The van der Waals surface area contributed by atoms with Gasteiger partial charge in [-0.25, -0.2) is 0 Å². The van der Waals surface area contributed by atoms with Gasteiger partial charge in [-0.15, -0.1) is 11.6 Å². The maximum atomic E-state index is 10.9. The lowest BCUT2D eigenvalue weighted by Crippen LogP contribution is -2.31. The first-order chi connectivity index (χ1) is 4.54. The van der Waals surface area contributed by atoms with E-state index in [-0.39, 0.29) is 17.2 Å². The molecular formula is C7H14ClNO. The van der Waals surface area contributed by atoms with Crippen LogP contribution in [0, 0.1) is 5.92 Å². The highest BCUT2D eigenvalue weighted by Gasteiger charge is 2.06. The summed E-state index contributed by atoms with van der Waals surface area (Å²) in [4.78, 5) is 10.9. The number of halogens is 1. The van der Waals surface area contributed by atoms with E-state index < -0.39 is 0 Å². The fourth-order valence-electron chi connectivity index (χ4n) is 0.445. The summed E-state index contributed by atoms with van der Waals surface area (Å²) < 4.78 is 0. The number of amides is 1. The van der Waals surface area contributed by atoms with E-state index in [1.807, 2.05) is 20.8 Å². The van der Waals surface area contributed by atoms with Crippen molar-refractivity contribution in [3.05, 3.63) is 0 Å². The van der Waals surface area contributed by atoms with Crippen LogP contribution in [0.15, 0.2) is 0 Å². The number of nitrogens with one attached hydrogen (secondary N) is 1. The predicted octanol–water partition coefficient (Wildman–Crippen LogP) is 1.39. The Morgan fingerprint density at radius 1 is 1.50 bits per heavy atom. The first-order valence-corrected chi connectivity index (χ1v) is 3.89. The monoisotopic (exact) mass is 163 g/mol. The number of alkyl halides is 1. The highest BCUT2D eigenvalue weighted by Crippen LogP contribution is 1.93. The Bertz CT molecular complexity index is 112. The van der Waals surface area contributed by atoms with E-state index in [9.17, 15) is 4.79 Å². The molecule has 0 aromatic heterocycles. The van der Waals surface area contributed by atoms with Crippen molar-refractivity contribution in [2.24, 2.45) is 5.92 Å². The molecule has 0 fully saturated rings. The molecule has 1 amide bonds. The zero-order valence-electron chi connectivity index (χ0n) is 6.65. The molecule has 0 spiro atoms. The summed E-state index contributed by atoms with van der Waals surface area (Å²) in [5.74, 6) is 0.114. The van der Waals surface area contributed by atoms with Crippen molar-refractivity contribution in [3.63, 3.8) is 0 Å². The molecule has 2 nitrogen and oxygen atoms in total. The molecule has 0 aliphatic rings. The molecule has 0 saturated carbocycles. The Labute approximate surface area is 66.9 Å². The van der Waals surface area contributed by atoms with E-state index in [0.29, 0.717) is 6.54 Å². The lowest BCUT2D eigenvalue weighted by atomic mass is 10.2. The van der Waals surface area contributed by atoms with Crippen LogP contribution in [-0.2, 0) is 4.79 Å². The second kappa shape index (κ2) is 4.56. The third-order valence-corrected chi connectivity index (χ3v) is 1.24. The Balaban J connectivity index is 3.40. The van der Waals surface area contributed by atoms with Gasteiger partial charge in [0, 0.05) is 17.8 Å². The molecular weight excluding hydrogens is 150 g/mol. The molecule has 0 radical (unpaired) electrons. The van der Waals surface area contributed by atoms with E-state index in [0.717, 1.165) is 0 Å². The van der Waals surface area contributed by atoms with Gasteiger partial charge in [0.25, 0.3) is 0 Å². The molecule has 1 atom stereocenters. The van der Waals surface area contributed by atoms with Crippen LogP contribution in [-0.4, -0.2) is 17.8 Å². The van der Waals surface area contributed by atoms with E-state index in [1.165, 1.54) is 0 Å². The molecule has 3 heteroatoms. The number of hydrogen-bond donors (Lipinski definition) is 1. The molecule has 10 heavy (non-hydrogen) atoms. The van der Waals surface area contributed by atoms with Gasteiger partial charge in [0.05, 0.1) is 0 Å². The van der Waals surface area contributed by atoms with E-state index in [1.54, 1.807) is 0 Å². The Morgan fingerprint density at radius 2 is 2.00 bits per heavy atom. The third-order valence-electron chi connectivity index (χ3n) is 1.08. The van der Waals surface area contributed by atoms with E-state index in [2.05, 4.69) is 5.32 Å². The Morgan fingerprint density at radius 3 is 2.30 bits per heavy atom. The summed E-state index contributed by atoms with van der Waals surface area (Å²) in [5.41, 5.74) is 0. The van der Waals surface area contributed by atoms with Gasteiger partial charge >= 0.3 is 0 Å². The zero-order chi connectivity index (χ0) is 8.15. The van der Waals surface area contributed by atoms with Gasteiger partial charge in [-0.2, -0.15) is 0 Å². The van der Waals surface area contributed by atoms with Crippen LogP contribution < -0.4 is 5.32 Å². The number of rotatable bonds is 3. The zero-order valence-corrected chi connectivity index (χ0v) is 7.40. The molecule has 1 unspecified atom stereocenters. The summed E-state index contributed by atoms with van der Waals surface area (Å²) >= 11 is 5.61. The summed E-state index contributed by atoms with van der Waals surface area (Å²) in [5, 5.41) is 2.73. The fraction of sp³-hybridized carbons (Fsp3) is 0.857. The summed E-state index contributed by atoms with van der Waals surface area (Å²) in [6.07, 6.45) is 0. The minimum absolute atomic E-state index is 0.0164. The van der Waals surface area contributed by atoms with Crippen molar-refractivity contribution >= 4 is 17.5 Å². The second-order valence-corrected chi connectivity index (χ2v) is 3.43. The molecule has 0 heterocycles. The minimum atomic E-state index is 0.0164. The number of carbonyl (C=O) groups excluding carboxylic acids is 1. The highest BCUT2D eigenvalue weighted by atomic mass is 35.5. The van der Waals surface area contributed by atoms with Crippen molar-refractivity contribution in [2.45, 2.75) is 26.1 Å². The molecule has 0 aliphatic heterocycles. The van der Waals surface area contributed by atoms with Crippen LogP contribution in [0.2, 0.25) is 0 Å². The molecule has 0 aliphatic carbocycles. The summed E-state index contributed by atoms with van der Waals surface area (Å²) in [7, 11) is 0. The summed E-state index contributed by atoms with van der Waals surface area (Å²) in [6, 6.07) is 0. The minimum Gasteiger partial charge on any atom is -0.354 e. The summed E-state index contributed by atoms with van der Waals surface area (Å²) in [6.45, 7) is 6.11. The Hall–Kier alpha value is -0.240. The maximum Gasteiger partial charge on any atom is 0.222 e. The lowest BCUT2D eigenvalue weighted by molar-refractivity contribution is -0.123. The van der Waals surface area contributed by atoms with Crippen LogP contribution in [0.25, 0.3) is 0 Å². The van der Waals surface area contributed by atoms with Gasteiger partial charge in [-0.05, 0) is 6.92 Å². The number of hydrogen-bond acceptors (Lipinski definition) is 1. The SMILES string of the molecule is CC(Cl)CNC(=O)C(C)C. The second-order valence-electron chi connectivity index (χ2n) is 2.68. The smallest absolute Gasteiger partial charge is 0.222 e. The lowest BCUT2D eigenvalue weighted by Gasteiger charge is -2.07. The average molecular weight is 164 g/mol.